The largest absolute Gasteiger partial charge is 0.380 e. The molecule has 0 aliphatic rings. The summed E-state index contributed by atoms with van der Waals surface area (Å²) in [6, 6.07) is 1.81. The van der Waals surface area contributed by atoms with Crippen molar-refractivity contribution in [2.24, 2.45) is 0 Å². The van der Waals surface area contributed by atoms with Gasteiger partial charge in [-0.25, -0.2) is 4.98 Å². The fourth-order valence-electron chi connectivity index (χ4n) is 1.35. The first-order valence-electron chi connectivity index (χ1n) is 4.40. The van der Waals surface area contributed by atoms with E-state index in [0.717, 1.165) is 12.2 Å². The van der Waals surface area contributed by atoms with E-state index >= 15 is 0 Å². The molecule has 1 atom stereocenters. The van der Waals surface area contributed by atoms with Crippen LogP contribution in [-0.2, 0) is 6.54 Å². The lowest BCUT2D eigenvalue weighted by molar-refractivity contribution is 0.204. The zero-order valence-electron chi connectivity index (χ0n) is 7.79. The van der Waals surface area contributed by atoms with Crippen LogP contribution in [0.3, 0.4) is 0 Å². The molecule has 1 N–H and O–H groups in total. The molecule has 1 unspecified atom stereocenters. The van der Waals surface area contributed by atoms with Gasteiger partial charge in [-0.05, 0) is 13.0 Å². The van der Waals surface area contributed by atoms with Crippen LogP contribution in [0, 0.1) is 0 Å². The van der Waals surface area contributed by atoms with Gasteiger partial charge >= 0.3 is 0 Å². The number of aliphatic hydroxyl groups is 1. The van der Waals surface area contributed by atoms with Crippen LogP contribution in [-0.4, -0.2) is 19.9 Å². The molecule has 0 radical (unpaired) electrons. The number of hydrogen-bond acceptors (Lipinski definition) is 4. The van der Waals surface area contributed by atoms with Gasteiger partial charge in [-0.2, -0.15) is 5.10 Å². The van der Waals surface area contributed by atoms with Crippen LogP contribution in [0.25, 0.3) is 0 Å². The molecule has 2 aromatic rings. The number of thiazole rings is 1. The first-order chi connectivity index (χ1) is 6.83. The molecule has 14 heavy (non-hydrogen) atoms. The Morgan fingerprint density at radius 1 is 1.64 bits per heavy atom. The van der Waals surface area contributed by atoms with Crippen LogP contribution >= 0.6 is 11.3 Å². The molecule has 0 amide bonds. The summed E-state index contributed by atoms with van der Waals surface area (Å²) in [4.78, 5) is 4.07. The van der Waals surface area contributed by atoms with E-state index < -0.39 is 6.10 Å². The topological polar surface area (TPSA) is 50.9 Å². The molecule has 0 fully saturated rings. The minimum absolute atomic E-state index is 0.663. The lowest BCUT2D eigenvalue weighted by Crippen LogP contribution is -2.09. The predicted octanol–water partition coefficient (Wildman–Crippen LogP) is 1.44. The molecule has 0 saturated carbocycles. The van der Waals surface area contributed by atoms with Gasteiger partial charge in [-0.1, -0.05) is 0 Å². The van der Waals surface area contributed by atoms with E-state index in [1.807, 2.05) is 18.4 Å². The number of hydrogen-bond donors (Lipinski definition) is 1. The molecule has 4 nitrogen and oxygen atoms in total. The lowest BCUT2D eigenvalue weighted by Gasteiger charge is -2.09. The van der Waals surface area contributed by atoms with E-state index in [2.05, 4.69) is 10.1 Å². The third-order valence-corrected chi connectivity index (χ3v) is 2.67. The first-order valence-corrected chi connectivity index (χ1v) is 5.35. The predicted molar refractivity (Wildman–Crippen MR) is 54.1 cm³/mol. The molecular formula is C9H11N3OS. The molecule has 0 aliphatic carbocycles. The van der Waals surface area contributed by atoms with E-state index in [-0.39, 0.29) is 0 Å². The standard InChI is InChI=1S/C9H11N3OS/c1-2-12-8(3-4-11-12)9(13)7-5-14-6-10-7/h3-6,9,13H,2H2,1H3. The summed E-state index contributed by atoms with van der Waals surface area (Å²) in [5.74, 6) is 0. The zero-order chi connectivity index (χ0) is 9.97. The third kappa shape index (κ3) is 1.56. The Balaban J connectivity index is 2.31. The maximum atomic E-state index is 9.96. The van der Waals surface area contributed by atoms with Crippen molar-refractivity contribution < 1.29 is 5.11 Å². The van der Waals surface area contributed by atoms with Gasteiger partial charge in [0.2, 0.25) is 0 Å². The average Bonchev–Trinajstić information content (AvgIpc) is 2.87. The highest BCUT2D eigenvalue weighted by Crippen LogP contribution is 2.20. The van der Waals surface area contributed by atoms with Gasteiger partial charge in [0, 0.05) is 18.1 Å². The van der Waals surface area contributed by atoms with Crippen molar-refractivity contribution in [3.8, 4) is 0 Å². The highest BCUT2D eigenvalue weighted by Gasteiger charge is 2.15. The van der Waals surface area contributed by atoms with Crippen molar-refractivity contribution in [1.82, 2.24) is 14.8 Å². The highest BCUT2D eigenvalue weighted by atomic mass is 32.1. The second-order valence-electron chi connectivity index (χ2n) is 2.89. The van der Waals surface area contributed by atoms with Gasteiger partial charge in [0.25, 0.3) is 0 Å². The smallest absolute Gasteiger partial charge is 0.138 e. The second kappa shape index (κ2) is 3.89. The number of nitrogens with zero attached hydrogens (tertiary/aromatic N) is 3. The molecular weight excluding hydrogens is 198 g/mol. The Kier molecular flexibility index (Phi) is 2.60. The summed E-state index contributed by atoms with van der Waals surface area (Å²) in [6.07, 6.45) is 1.03. The molecule has 0 spiro atoms. The summed E-state index contributed by atoms with van der Waals surface area (Å²) in [6.45, 7) is 2.74. The van der Waals surface area contributed by atoms with Crippen LogP contribution in [0.1, 0.15) is 24.4 Å². The average molecular weight is 209 g/mol. The van der Waals surface area contributed by atoms with Gasteiger partial charge in [0.15, 0.2) is 0 Å². The molecule has 0 aromatic carbocycles. The maximum absolute atomic E-state index is 9.96. The normalized spacial score (nSPS) is 13.0. The molecule has 0 bridgehead atoms. The second-order valence-corrected chi connectivity index (χ2v) is 3.61. The van der Waals surface area contributed by atoms with Gasteiger partial charge in [0.05, 0.1) is 16.9 Å². The van der Waals surface area contributed by atoms with Crippen molar-refractivity contribution in [3.05, 3.63) is 34.5 Å². The van der Waals surface area contributed by atoms with Crippen molar-refractivity contribution in [2.45, 2.75) is 19.6 Å². The number of aliphatic hydroxyl groups excluding tert-OH is 1. The quantitative estimate of drug-likeness (QED) is 0.832. The Morgan fingerprint density at radius 2 is 2.50 bits per heavy atom. The van der Waals surface area contributed by atoms with Gasteiger partial charge in [-0.15, -0.1) is 11.3 Å². The number of rotatable bonds is 3. The van der Waals surface area contributed by atoms with Gasteiger partial charge in [0.1, 0.15) is 6.10 Å². The van der Waals surface area contributed by atoms with E-state index in [0.29, 0.717) is 5.69 Å². The molecule has 2 heterocycles. The molecule has 0 aliphatic heterocycles. The fraction of sp³-hybridized carbons (Fsp3) is 0.333. The van der Waals surface area contributed by atoms with Crippen LogP contribution in [0.15, 0.2) is 23.2 Å². The minimum Gasteiger partial charge on any atom is -0.380 e. The SMILES string of the molecule is CCn1nccc1C(O)c1cscn1. The Morgan fingerprint density at radius 3 is 3.14 bits per heavy atom. The molecule has 74 valence electrons. The van der Waals surface area contributed by atoms with Gasteiger partial charge < -0.3 is 5.11 Å². The summed E-state index contributed by atoms with van der Waals surface area (Å²) in [5.41, 5.74) is 3.19. The molecule has 5 heteroatoms. The van der Waals surface area contributed by atoms with Crippen molar-refractivity contribution in [2.75, 3.05) is 0 Å². The Hall–Kier alpha value is -1.20. The van der Waals surface area contributed by atoms with Crippen LogP contribution in [0.5, 0.6) is 0 Å². The van der Waals surface area contributed by atoms with Crippen molar-refractivity contribution >= 4 is 11.3 Å². The van der Waals surface area contributed by atoms with E-state index in [1.54, 1.807) is 16.4 Å². The fourth-order valence-corrected chi connectivity index (χ4v) is 1.92. The van der Waals surface area contributed by atoms with Gasteiger partial charge in [-0.3, -0.25) is 4.68 Å². The summed E-state index contributed by atoms with van der Waals surface area (Å²) < 4.78 is 1.77. The minimum atomic E-state index is -0.663. The number of aromatic nitrogens is 3. The Labute approximate surface area is 85.8 Å². The van der Waals surface area contributed by atoms with Crippen molar-refractivity contribution in [3.63, 3.8) is 0 Å². The van der Waals surface area contributed by atoms with E-state index in [4.69, 9.17) is 0 Å². The summed E-state index contributed by atoms with van der Waals surface area (Å²) >= 11 is 1.48. The first kappa shape index (κ1) is 9.36. The van der Waals surface area contributed by atoms with Crippen LogP contribution in [0.2, 0.25) is 0 Å². The monoisotopic (exact) mass is 209 g/mol. The summed E-state index contributed by atoms with van der Waals surface area (Å²) in [7, 11) is 0. The van der Waals surface area contributed by atoms with Crippen LogP contribution in [0.4, 0.5) is 0 Å². The molecule has 0 saturated heterocycles. The zero-order valence-corrected chi connectivity index (χ0v) is 8.61. The van der Waals surface area contributed by atoms with Crippen molar-refractivity contribution in [1.29, 1.82) is 0 Å². The lowest BCUT2D eigenvalue weighted by atomic mass is 10.2. The summed E-state index contributed by atoms with van der Waals surface area (Å²) in [5, 5.41) is 15.9. The maximum Gasteiger partial charge on any atom is 0.138 e. The molecule has 2 rings (SSSR count). The third-order valence-electron chi connectivity index (χ3n) is 2.06. The Bertz CT molecular complexity index is 396. The van der Waals surface area contributed by atoms with Crippen LogP contribution < -0.4 is 0 Å². The molecule has 2 aromatic heterocycles. The van der Waals surface area contributed by atoms with E-state index in [9.17, 15) is 5.11 Å². The highest BCUT2D eigenvalue weighted by molar-refractivity contribution is 7.07. The number of aryl methyl sites for hydroxylation is 1. The van der Waals surface area contributed by atoms with E-state index in [1.165, 1.54) is 11.3 Å².